The monoisotopic (exact) mass is 228 g/mol. The molecule has 0 saturated carbocycles. The number of nitrogens with zero attached hydrogens (tertiary/aromatic N) is 1. The van der Waals surface area contributed by atoms with Gasteiger partial charge in [0.15, 0.2) is 0 Å². The maximum absolute atomic E-state index is 5.38. The quantitative estimate of drug-likeness (QED) is 0.749. The lowest BCUT2D eigenvalue weighted by molar-refractivity contribution is 0.0610. The molecule has 0 aromatic carbocycles. The Labute approximate surface area is 101 Å². The summed E-state index contributed by atoms with van der Waals surface area (Å²) < 4.78 is 5.38. The normalized spacial score (nSPS) is 22.3. The first-order valence-corrected chi connectivity index (χ1v) is 6.57. The second-order valence-corrected chi connectivity index (χ2v) is 5.41. The maximum Gasteiger partial charge on any atom is 0.0468 e. The highest BCUT2D eigenvalue weighted by atomic mass is 16.5. The van der Waals surface area contributed by atoms with Crippen molar-refractivity contribution in [3.05, 3.63) is 0 Å². The summed E-state index contributed by atoms with van der Waals surface area (Å²) in [5.41, 5.74) is 0. The van der Waals surface area contributed by atoms with Gasteiger partial charge < -0.3 is 15.0 Å². The molecule has 0 bridgehead atoms. The largest absolute Gasteiger partial charge is 0.381 e. The number of hydrogen-bond donors (Lipinski definition) is 1. The van der Waals surface area contributed by atoms with E-state index in [9.17, 15) is 0 Å². The lowest BCUT2D eigenvalue weighted by atomic mass is 9.93. The molecule has 0 amide bonds. The van der Waals surface area contributed by atoms with Crippen molar-refractivity contribution in [3.8, 4) is 0 Å². The Balaban J connectivity index is 2.12. The lowest BCUT2D eigenvalue weighted by Gasteiger charge is -2.27. The summed E-state index contributed by atoms with van der Waals surface area (Å²) in [4.78, 5) is 2.26. The molecule has 2 atom stereocenters. The first-order chi connectivity index (χ1) is 7.59. The molecule has 0 radical (unpaired) electrons. The van der Waals surface area contributed by atoms with Crippen molar-refractivity contribution in [2.24, 2.45) is 5.92 Å². The molecule has 1 saturated heterocycles. The van der Waals surface area contributed by atoms with Gasteiger partial charge in [0.2, 0.25) is 0 Å². The first kappa shape index (κ1) is 13.9. The molecule has 0 aromatic heterocycles. The highest BCUT2D eigenvalue weighted by Crippen LogP contribution is 2.19. The average molecular weight is 228 g/mol. The third kappa shape index (κ3) is 5.28. The zero-order chi connectivity index (χ0) is 12.0. The molecule has 3 heteroatoms. The van der Waals surface area contributed by atoms with Crippen LogP contribution in [0.15, 0.2) is 0 Å². The van der Waals surface area contributed by atoms with Gasteiger partial charge in [0.25, 0.3) is 0 Å². The molecule has 1 N–H and O–H groups in total. The molecule has 0 spiro atoms. The molecule has 3 nitrogen and oxygen atoms in total. The fourth-order valence-corrected chi connectivity index (χ4v) is 2.12. The second kappa shape index (κ2) is 7.25. The van der Waals surface area contributed by atoms with Gasteiger partial charge in [-0.3, -0.25) is 0 Å². The summed E-state index contributed by atoms with van der Waals surface area (Å²) in [6.45, 7) is 7.57. The average Bonchev–Trinajstić information content (AvgIpc) is 2.27. The van der Waals surface area contributed by atoms with E-state index >= 15 is 0 Å². The summed E-state index contributed by atoms with van der Waals surface area (Å²) in [5, 5.41) is 3.63. The molecule has 1 aliphatic rings. The molecular formula is C13H28N2O. The summed E-state index contributed by atoms with van der Waals surface area (Å²) in [7, 11) is 4.27. The van der Waals surface area contributed by atoms with Gasteiger partial charge in [-0.15, -0.1) is 0 Å². The molecule has 1 heterocycles. The number of hydrogen-bond acceptors (Lipinski definition) is 3. The fraction of sp³-hybridized carbons (Fsp3) is 1.00. The van der Waals surface area contributed by atoms with Crippen molar-refractivity contribution < 1.29 is 4.74 Å². The van der Waals surface area contributed by atoms with E-state index in [1.807, 2.05) is 0 Å². The molecule has 0 aliphatic carbocycles. The summed E-state index contributed by atoms with van der Waals surface area (Å²) in [6.07, 6.45) is 3.79. The Morgan fingerprint density at radius 2 is 1.88 bits per heavy atom. The van der Waals surface area contributed by atoms with E-state index in [2.05, 4.69) is 38.2 Å². The number of likely N-dealkylation sites (N-methyl/N-ethyl adjacent to an activating group) is 1. The standard InChI is InChI=1S/C13H28N2O/c1-11(14-10-12(2)15(3)4)9-13-5-7-16-8-6-13/h11-14H,5-10H2,1-4H3. The van der Waals surface area contributed by atoms with Crippen LogP contribution in [-0.2, 0) is 4.74 Å². The summed E-state index contributed by atoms with van der Waals surface area (Å²) in [6, 6.07) is 1.24. The SMILES string of the molecule is CC(CC1CCOCC1)NCC(C)N(C)C. The van der Waals surface area contributed by atoms with Crippen molar-refractivity contribution in [3.63, 3.8) is 0 Å². The van der Waals surface area contributed by atoms with Crippen molar-refractivity contribution >= 4 is 0 Å². The minimum Gasteiger partial charge on any atom is -0.381 e. The van der Waals surface area contributed by atoms with E-state index in [4.69, 9.17) is 4.74 Å². The molecule has 16 heavy (non-hydrogen) atoms. The third-order valence-corrected chi connectivity index (χ3v) is 3.67. The van der Waals surface area contributed by atoms with Crippen molar-refractivity contribution in [1.82, 2.24) is 10.2 Å². The Morgan fingerprint density at radius 1 is 1.25 bits per heavy atom. The van der Waals surface area contributed by atoms with Crippen molar-refractivity contribution in [2.75, 3.05) is 33.9 Å². The second-order valence-electron chi connectivity index (χ2n) is 5.41. The predicted molar refractivity (Wildman–Crippen MR) is 68.8 cm³/mol. The molecule has 1 aliphatic heterocycles. The van der Waals surface area contributed by atoms with Crippen LogP contribution in [0.1, 0.15) is 33.1 Å². The highest BCUT2D eigenvalue weighted by molar-refractivity contribution is 4.72. The molecular weight excluding hydrogens is 200 g/mol. The lowest BCUT2D eigenvalue weighted by Crippen LogP contribution is -2.40. The number of rotatable bonds is 6. The molecule has 1 rings (SSSR count). The van der Waals surface area contributed by atoms with Gasteiger partial charge in [-0.1, -0.05) is 0 Å². The zero-order valence-corrected chi connectivity index (χ0v) is 11.3. The van der Waals surface area contributed by atoms with E-state index in [-0.39, 0.29) is 0 Å². The van der Waals surface area contributed by atoms with E-state index in [1.165, 1.54) is 19.3 Å². The predicted octanol–water partition coefficient (Wildman–Crippen LogP) is 1.73. The van der Waals surface area contributed by atoms with Crippen molar-refractivity contribution in [2.45, 2.75) is 45.2 Å². The van der Waals surface area contributed by atoms with Gasteiger partial charge in [0.05, 0.1) is 0 Å². The van der Waals surface area contributed by atoms with E-state index < -0.39 is 0 Å². The molecule has 1 fully saturated rings. The van der Waals surface area contributed by atoms with E-state index in [1.54, 1.807) is 0 Å². The first-order valence-electron chi connectivity index (χ1n) is 6.57. The van der Waals surface area contributed by atoms with Crippen LogP contribution in [-0.4, -0.2) is 50.8 Å². The zero-order valence-electron chi connectivity index (χ0n) is 11.3. The minimum atomic E-state index is 0.608. The van der Waals surface area contributed by atoms with Gasteiger partial charge in [-0.25, -0.2) is 0 Å². The Bertz CT molecular complexity index is 179. The van der Waals surface area contributed by atoms with Crippen LogP contribution in [0, 0.1) is 5.92 Å². The van der Waals surface area contributed by atoms with Gasteiger partial charge in [0, 0.05) is 31.8 Å². The number of ether oxygens (including phenoxy) is 1. The Kier molecular flexibility index (Phi) is 6.32. The van der Waals surface area contributed by atoms with Gasteiger partial charge in [-0.05, 0) is 53.1 Å². The van der Waals surface area contributed by atoms with Crippen LogP contribution < -0.4 is 5.32 Å². The number of nitrogens with one attached hydrogen (secondary N) is 1. The molecule has 0 aromatic rings. The maximum atomic E-state index is 5.38. The van der Waals surface area contributed by atoms with Crippen LogP contribution in [0.3, 0.4) is 0 Å². The van der Waals surface area contributed by atoms with E-state index in [0.717, 1.165) is 25.7 Å². The van der Waals surface area contributed by atoms with Crippen LogP contribution in [0.25, 0.3) is 0 Å². The minimum absolute atomic E-state index is 0.608. The van der Waals surface area contributed by atoms with Gasteiger partial charge in [-0.2, -0.15) is 0 Å². The summed E-state index contributed by atoms with van der Waals surface area (Å²) in [5.74, 6) is 0.867. The van der Waals surface area contributed by atoms with Gasteiger partial charge >= 0.3 is 0 Å². The van der Waals surface area contributed by atoms with Crippen LogP contribution >= 0.6 is 0 Å². The fourth-order valence-electron chi connectivity index (χ4n) is 2.12. The third-order valence-electron chi connectivity index (χ3n) is 3.67. The Hall–Kier alpha value is -0.120. The Morgan fingerprint density at radius 3 is 2.44 bits per heavy atom. The van der Waals surface area contributed by atoms with E-state index in [0.29, 0.717) is 12.1 Å². The highest BCUT2D eigenvalue weighted by Gasteiger charge is 2.17. The molecule has 2 unspecified atom stereocenters. The van der Waals surface area contributed by atoms with Crippen LogP contribution in [0.4, 0.5) is 0 Å². The smallest absolute Gasteiger partial charge is 0.0468 e. The topological polar surface area (TPSA) is 24.5 Å². The summed E-state index contributed by atoms with van der Waals surface area (Å²) >= 11 is 0. The molecule has 96 valence electrons. The van der Waals surface area contributed by atoms with Gasteiger partial charge in [0.1, 0.15) is 0 Å². The van der Waals surface area contributed by atoms with Crippen molar-refractivity contribution in [1.29, 1.82) is 0 Å². The van der Waals surface area contributed by atoms with Crippen LogP contribution in [0.2, 0.25) is 0 Å². The van der Waals surface area contributed by atoms with Crippen LogP contribution in [0.5, 0.6) is 0 Å².